The predicted molar refractivity (Wildman–Crippen MR) is 116 cm³/mol. The third-order valence-corrected chi connectivity index (χ3v) is 6.57. The zero-order valence-electron chi connectivity index (χ0n) is 16.3. The zero-order chi connectivity index (χ0) is 21.1. The average Bonchev–Trinajstić information content (AvgIpc) is 3.33. The fourth-order valence-electron chi connectivity index (χ4n) is 4.07. The molecule has 4 rings (SSSR count). The summed E-state index contributed by atoms with van der Waals surface area (Å²) in [5, 5.41) is 4.73. The summed E-state index contributed by atoms with van der Waals surface area (Å²) in [6, 6.07) is 11.2. The van der Waals surface area contributed by atoms with Gasteiger partial charge in [-0.15, -0.1) is 0 Å². The van der Waals surface area contributed by atoms with E-state index in [1.165, 1.54) is 21.6 Å². The van der Waals surface area contributed by atoms with Gasteiger partial charge < -0.3 is 5.73 Å². The summed E-state index contributed by atoms with van der Waals surface area (Å²) in [6.45, 7) is 0.532. The molecule has 7 nitrogen and oxygen atoms in total. The van der Waals surface area contributed by atoms with Gasteiger partial charge in [0.15, 0.2) is 5.82 Å². The van der Waals surface area contributed by atoms with Crippen LogP contribution in [-0.4, -0.2) is 42.7 Å². The summed E-state index contributed by atoms with van der Waals surface area (Å²) < 4.78 is 2.83. The van der Waals surface area contributed by atoms with Gasteiger partial charge in [-0.25, -0.2) is 19.1 Å². The number of pyridine rings is 1. The Hall–Kier alpha value is -2.48. The molecule has 1 amide bonds. The molecule has 0 radical (unpaired) electrons. The Kier molecular flexibility index (Phi) is 6.04. The van der Waals surface area contributed by atoms with Gasteiger partial charge in [-0.2, -0.15) is 5.10 Å². The van der Waals surface area contributed by atoms with Gasteiger partial charge in [0, 0.05) is 41.0 Å². The number of carbonyl (C=O) groups excluding carboxylic acids is 1. The molecule has 2 aromatic heterocycles. The number of benzene rings is 1. The molecule has 9 heteroatoms. The maximum Gasteiger partial charge on any atom is 0.270 e. The first-order chi connectivity index (χ1) is 14.5. The molecule has 1 aliphatic rings. The molecular weight excluding hydrogens is 423 g/mol. The fraction of sp³-hybridized carbons (Fsp3) is 0.333. The minimum absolute atomic E-state index is 0.0620. The van der Waals surface area contributed by atoms with Crippen molar-refractivity contribution in [3.8, 4) is 5.82 Å². The lowest BCUT2D eigenvalue weighted by Crippen LogP contribution is -2.44. The molecule has 30 heavy (non-hydrogen) atoms. The van der Waals surface area contributed by atoms with Gasteiger partial charge in [0.2, 0.25) is 0 Å². The first kappa shape index (κ1) is 20.8. The van der Waals surface area contributed by atoms with Gasteiger partial charge in [-0.05, 0) is 55.5 Å². The van der Waals surface area contributed by atoms with Crippen LogP contribution in [0.3, 0.4) is 0 Å². The SMILES string of the molecule is NCC1(c2cccc(Cl)c2)CCC(N(Cl)C(=O)c2ccc(-n3cncn3)nc2)CC1. The van der Waals surface area contributed by atoms with Crippen LogP contribution in [0.5, 0.6) is 0 Å². The highest BCUT2D eigenvalue weighted by Gasteiger charge is 2.38. The summed E-state index contributed by atoms with van der Waals surface area (Å²) >= 11 is 12.7. The van der Waals surface area contributed by atoms with Crippen LogP contribution in [0.15, 0.2) is 55.2 Å². The summed E-state index contributed by atoms with van der Waals surface area (Å²) in [5.74, 6) is 0.319. The molecule has 0 aliphatic heterocycles. The van der Waals surface area contributed by atoms with Gasteiger partial charge in [0.25, 0.3) is 5.91 Å². The van der Waals surface area contributed by atoms with Crippen molar-refractivity contribution in [3.63, 3.8) is 0 Å². The van der Waals surface area contributed by atoms with Crippen LogP contribution in [0.25, 0.3) is 5.82 Å². The number of hydrogen-bond acceptors (Lipinski definition) is 5. The van der Waals surface area contributed by atoms with E-state index in [0.717, 1.165) is 31.2 Å². The van der Waals surface area contributed by atoms with Crippen molar-refractivity contribution in [2.24, 2.45) is 5.73 Å². The van der Waals surface area contributed by atoms with Crippen molar-refractivity contribution in [3.05, 3.63) is 71.4 Å². The van der Waals surface area contributed by atoms with E-state index in [9.17, 15) is 4.79 Å². The molecule has 0 spiro atoms. The largest absolute Gasteiger partial charge is 0.330 e. The Morgan fingerprint density at radius 2 is 2.07 bits per heavy atom. The average molecular weight is 445 g/mol. The lowest BCUT2D eigenvalue weighted by molar-refractivity contribution is 0.0778. The van der Waals surface area contributed by atoms with Crippen LogP contribution in [0.4, 0.5) is 0 Å². The number of nitrogens with zero attached hydrogens (tertiary/aromatic N) is 5. The van der Waals surface area contributed by atoms with E-state index in [1.54, 1.807) is 18.5 Å². The Labute approximate surface area is 184 Å². The van der Waals surface area contributed by atoms with Gasteiger partial charge in [0.1, 0.15) is 12.7 Å². The second-order valence-corrected chi connectivity index (χ2v) is 8.39. The molecular formula is C21H22Cl2N6O. The molecule has 0 unspecified atom stereocenters. The monoisotopic (exact) mass is 444 g/mol. The smallest absolute Gasteiger partial charge is 0.270 e. The van der Waals surface area contributed by atoms with Crippen LogP contribution in [0.2, 0.25) is 5.02 Å². The van der Waals surface area contributed by atoms with Crippen molar-refractivity contribution in [1.29, 1.82) is 0 Å². The molecule has 2 heterocycles. The van der Waals surface area contributed by atoms with Gasteiger partial charge in [-0.1, -0.05) is 23.7 Å². The molecule has 1 aromatic carbocycles. The summed E-state index contributed by atoms with van der Waals surface area (Å²) in [6.07, 6.45) is 7.70. The Bertz CT molecular complexity index is 1000. The van der Waals surface area contributed by atoms with E-state index < -0.39 is 0 Å². The topological polar surface area (TPSA) is 89.9 Å². The van der Waals surface area contributed by atoms with E-state index in [0.29, 0.717) is 22.9 Å². The molecule has 0 saturated heterocycles. The summed E-state index contributed by atoms with van der Waals surface area (Å²) in [5.41, 5.74) is 7.61. The van der Waals surface area contributed by atoms with E-state index >= 15 is 0 Å². The standard InChI is InChI=1S/C21H22Cl2N6O/c22-17-3-1-2-16(10-17)21(12-24)8-6-18(7-9-21)29(23)20(30)15-4-5-19(26-11-15)28-14-25-13-27-28/h1-5,10-11,13-14,18H,6-9,12,24H2. The van der Waals surface area contributed by atoms with E-state index in [4.69, 9.17) is 29.1 Å². The van der Waals surface area contributed by atoms with E-state index in [-0.39, 0.29) is 17.4 Å². The van der Waals surface area contributed by atoms with Crippen molar-refractivity contribution < 1.29 is 4.79 Å². The number of amides is 1. The first-order valence-corrected chi connectivity index (χ1v) is 10.5. The maximum atomic E-state index is 12.9. The van der Waals surface area contributed by atoms with Crippen molar-refractivity contribution >= 4 is 29.3 Å². The van der Waals surface area contributed by atoms with Crippen molar-refractivity contribution in [1.82, 2.24) is 24.2 Å². The van der Waals surface area contributed by atoms with E-state index in [1.807, 2.05) is 18.2 Å². The molecule has 0 bridgehead atoms. The second kappa shape index (κ2) is 8.71. The first-order valence-electron chi connectivity index (χ1n) is 9.79. The Balaban J connectivity index is 1.43. The summed E-state index contributed by atoms with van der Waals surface area (Å²) in [7, 11) is 0. The predicted octanol–water partition coefficient (Wildman–Crippen LogP) is 3.75. The number of hydrogen-bond donors (Lipinski definition) is 1. The van der Waals surface area contributed by atoms with Gasteiger partial charge in [-0.3, -0.25) is 4.79 Å². The highest BCUT2D eigenvalue weighted by Crippen LogP contribution is 2.41. The number of nitrogens with two attached hydrogens (primary N) is 1. The lowest BCUT2D eigenvalue weighted by atomic mass is 9.68. The minimum atomic E-state index is -0.262. The second-order valence-electron chi connectivity index (χ2n) is 7.59. The minimum Gasteiger partial charge on any atom is -0.330 e. The molecule has 1 saturated carbocycles. The van der Waals surface area contributed by atoms with Crippen LogP contribution >= 0.6 is 23.4 Å². The molecule has 1 fully saturated rings. The highest BCUT2D eigenvalue weighted by molar-refractivity contribution is 6.30. The molecule has 156 valence electrons. The number of carbonyl (C=O) groups is 1. The third kappa shape index (κ3) is 4.05. The fourth-order valence-corrected chi connectivity index (χ4v) is 4.56. The van der Waals surface area contributed by atoms with Crippen LogP contribution in [0, 0.1) is 0 Å². The van der Waals surface area contributed by atoms with E-state index in [2.05, 4.69) is 21.1 Å². The Morgan fingerprint density at radius 1 is 1.27 bits per heavy atom. The summed E-state index contributed by atoms with van der Waals surface area (Å²) in [4.78, 5) is 21.0. The molecule has 1 aliphatic carbocycles. The van der Waals surface area contributed by atoms with Crippen molar-refractivity contribution in [2.75, 3.05) is 6.54 Å². The maximum absolute atomic E-state index is 12.9. The van der Waals surface area contributed by atoms with Crippen LogP contribution < -0.4 is 5.73 Å². The lowest BCUT2D eigenvalue weighted by Gasteiger charge is -2.41. The highest BCUT2D eigenvalue weighted by atomic mass is 35.5. The number of rotatable bonds is 5. The Morgan fingerprint density at radius 3 is 2.67 bits per heavy atom. The third-order valence-electron chi connectivity index (χ3n) is 5.90. The quantitative estimate of drug-likeness (QED) is 0.605. The van der Waals surface area contributed by atoms with Crippen LogP contribution in [0.1, 0.15) is 41.6 Å². The normalized spacial score (nSPS) is 21.4. The van der Waals surface area contributed by atoms with Crippen LogP contribution in [-0.2, 0) is 5.41 Å². The van der Waals surface area contributed by atoms with Gasteiger partial charge in [0.05, 0.1) is 5.56 Å². The molecule has 0 atom stereocenters. The van der Waals surface area contributed by atoms with Crippen molar-refractivity contribution in [2.45, 2.75) is 37.1 Å². The molecule has 2 N–H and O–H groups in total. The molecule has 3 aromatic rings. The van der Waals surface area contributed by atoms with Gasteiger partial charge >= 0.3 is 0 Å². The number of aromatic nitrogens is 4. The zero-order valence-corrected chi connectivity index (χ0v) is 17.8. The number of halogens is 2.